The molecule has 0 aliphatic carbocycles. The Morgan fingerprint density at radius 1 is 1.00 bits per heavy atom. The van der Waals surface area contributed by atoms with Gasteiger partial charge in [-0.1, -0.05) is 18.7 Å². The molecular formula is C12H18O6. The van der Waals surface area contributed by atoms with Crippen molar-refractivity contribution in [2.45, 2.75) is 32.6 Å². The van der Waals surface area contributed by atoms with Crippen LogP contribution in [0, 0.1) is 0 Å². The first kappa shape index (κ1) is 18.3. The topological polar surface area (TPSA) is 112 Å². The van der Waals surface area contributed by atoms with E-state index in [9.17, 15) is 14.4 Å². The third-order valence-electron chi connectivity index (χ3n) is 1.81. The number of carbonyl (C=O) groups is 3. The maximum absolute atomic E-state index is 10.0. The Balaban J connectivity index is 0. The average Bonchev–Trinajstić information content (AvgIpc) is 2.26. The van der Waals surface area contributed by atoms with Gasteiger partial charge in [-0.05, 0) is 19.8 Å². The van der Waals surface area contributed by atoms with E-state index in [2.05, 4.69) is 6.58 Å². The zero-order valence-electron chi connectivity index (χ0n) is 10.3. The molecule has 6 nitrogen and oxygen atoms in total. The number of carboxylic acids is 3. The normalized spacial score (nSPS) is 9.94. The summed E-state index contributed by atoms with van der Waals surface area (Å²) in [6.45, 7) is 4.96. The van der Waals surface area contributed by atoms with Crippen LogP contribution in [0.15, 0.2) is 24.3 Å². The predicted molar refractivity (Wildman–Crippen MR) is 65.3 cm³/mol. The van der Waals surface area contributed by atoms with E-state index in [0.29, 0.717) is 12.8 Å². The Labute approximate surface area is 105 Å². The average molecular weight is 258 g/mol. The van der Waals surface area contributed by atoms with Crippen molar-refractivity contribution in [1.82, 2.24) is 0 Å². The van der Waals surface area contributed by atoms with Gasteiger partial charge in [0.1, 0.15) is 0 Å². The summed E-state index contributed by atoms with van der Waals surface area (Å²) in [6.07, 6.45) is 3.82. The third-order valence-corrected chi connectivity index (χ3v) is 1.81. The van der Waals surface area contributed by atoms with E-state index in [0.717, 1.165) is 0 Å². The molecule has 0 unspecified atom stereocenters. The fourth-order valence-corrected chi connectivity index (χ4v) is 0.881. The standard InChI is InChI=1S/C6H10O4.C6H8O2/c7-5(8)3-1-2-4-6(9)10;1-3-5(4-2)6(7)8/h1-4H2,(H,7,8)(H,9,10);3-4H,1H2,2H3,(H,7,8). The van der Waals surface area contributed by atoms with Gasteiger partial charge in [-0.2, -0.15) is 0 Å². The quantitative estimate of drug-likeness (QED) is 0.365. The van der Waals surface area contributed by atoms with E-state index in [4.69, 9.17) is 15.3 Å². The molecule has 0 bridgehead atoms. The van der Waals surface area contributed by atoms with Crippen LogP contribution in [-0.4, -0.2) is 33.2 Å². The Bertz CT molecular complexity index is 313. The van der Waals surface area contributed by atoms with E-state index < -0.39 is 17.9 Å². The van der Waals surface area contributed by atoms with E-state index >= 15 is 0 Å². The third kappa shape index (κ3) is 13.9. The van der Waals surface area contributed by atoms with Crippen molar-refractivity contribution < 1.29 is 29.7 Å². The first-order chi connectivity index (χ1) is 8.34. The SMILES string of the molecule is C=CC(=CC)C(=O)O.O=C(O)CCCCC(=O)O. The van der Waals surface area contributed by atoms with Crippen LogP contribution in [0.3, 0.4) is 0 Å². The first-order valence-electron chi connectivity index (χ1n) is 5.30. The van der Waals surface area contributed by atoms with Gasteiger partial charge < -0.3 is 15.3 Å². The fraction of sp³-hybridized carbons (Fsp3) is 0.417. The summed E-state index contributed by atoms with van der Waals surface area (Å²) < 4.78 is 0. The largest absolute Gasteiger partial charge is 0.481 e. The number of hydrogen-bond donors (Lipinski definition) is 3. The summed E-state index contributed by atoms with van der Waals surface area (Å²) in [5.41, 5.74) is 0.241. The van der Waals surface area contributed by atoms with Gasteiger partial charge in [-0.3, -0.25) is 9.59 Å². The molecule has 6 heteroatoms. The molecule has 18 heavy (non-hydrogen) atoms. The molecular weight excluding hydrogens is 240 g/mol. The minimum absolute atomic E-state index is 0.0628. The second-order valence-electron chi connectivity index (χ2n) is 3.25. The Hall–Kier alpha value is -2.11. The van der Waals surface area contributed by atoms with Crippen LogP contribution in [0.1, 0.15) is 32.6 Å². The lowest BCUT2D eigenvalue weighted by Gasteiger charge is -1.92. The minimum atomic E-state index is -0.928. The van der Waals surface area contributed by atoms with Gasteiger partial charge in [0.05, 0.1) is 5.57 Å². The summed E-state index contributed by atoms with van der Waals surface area (Å²) in [5, 5.41) is 24.5. The summed E-state index contributed by atoms with van der Waals surface area (Å²) >= 11 is 0. The number of hydrogen-bond acceptors (Lipinski definition) is 3. The molecule has 0 fully saturated rings. The van der Waals surface area contributed by atoms with E-state index in [1.54, 1.807) is 6.92 Å². The molecule has 0 rings (SSSR count). The zero-order chi connectivity index (χ0) is 14.6. The number of carboxylic acid groups (broad SMARTS) is 3. The van der Waals surface area contributed by atoms with Gasteiger partial charge in [-0.15, -0.1) is 0 Å². The van der Waals surface area contributed by atoms with Gasteiger partial charge >= 0.3 is 17.9 Å². The predicted octanol–water partition coefficient (Wildman–Crippen LogP) is 1.92. The number of aliphatic carboxylic acids is 3. The molecule has 102 valence electrons. The monoisotopic (exact) mass is 258 g/mol. The highest BCUT2D eigenvalue weighted by atomic mass is 16.4. The summed E-state index contributed by atoms with van der Waals surface area (Å²) in [6, 6.07) is 0. The Morgan fingerprint density at radius 2 is 1.39 bits per heavy atom. The van der Waals surface area contributed by atoms with Crippen LogP contribution in [0.2, 0.25) is 0 Å². The Kier molecular flexibility index (Phi) is 11.5. The lowest BCUT2D eigenvalue weighted by molar-refractivity contribution is -0.139. The highest BCUT2D eigenvalue weighted by Crippen LogP contribution is 1.98. The van der Waals surface area contributed by atoms with Gasteiger partial charge in [0, 0.05) is 12.8 Å². The van der Waals surface area contributed by atoms with E-state index in [1.165, 1.54) is 12.2 Å². The molecule has 0 aromatic carbocycles. The molecule has 0 heterocycles. The van der Waals surface area contributed by atoms with Gasteiger partial charge in [0.2, 0.25) is 0 Å². The summed E-state index contributed by atoms with van der Waals surface area (Å²) in [5.74, 6) is -2.67. The molecule has 0 aliphatic rings. The van der Waals surface area contributed by atoms with E-state index in [1.807, 2.05) is 0 Å². The zero-order valence-corrected chi connectivity index (χ0v) is 10.3. The fourth-order valence-electron chi connectivity index (χ4n) is 0.881. The van der Waals surface area contributed by atoms with Crippen molar-refractivity contribution in [3.63, 3.8) is 0 Å². The van der Waals surface area contributed by atoms with Crippen molar-refractivity contribution in [3.05, 3.63) is 24.3 Å². The molecule has 0 aliphatic heterocycles. The molecule has 0 spiro atoms. The lowest BCUT2D eigenvalue weighted by Crippen LogP contribution is -1.97. The van der Waals surface area contributed by atoms with Crippen LogP contribution in [-0.2, 0) is 14.4 Å². The smallest absolute Gasteiger partial charge is 0.335 e. The van der Waals surface area contributed by atoms with Crippen LogP contribution >= 0.6 is 0 Å². The molecule has 3 N–H and O–H groups in total. The maximum atomic E-state index is 10.0. The Morgan fingerprint density at radius 3 is 1.50 bits per heavy atom. The van der Waals surface area contributed by atoms with Crippen molar-refractivity contribution in [1.29, 1.82) is 0 Å². The summed E-state index contributed by atoms with van der Waals surface area (Å²) in [7, 11) is 0. The molecule has 0 amide bonds. The molecule has 0 saturated carbocycles. The van der Waals surface area contributed by atoms with Crippen LogP contribution in [0.4, 0.5) is 0 Å². The molecule has 0 aromatic rings. The van der Waals surface area contributed by atoms with Crippen molar-refractivity contribution in [2.24, 2.45) is 0 Å². The molecule has 0 aromatic heterocycles. The van der Waals surface area contributed by atoms with Gasteiger partial charge in [-0.25, -0.2) is 4.79 Å². The second kappa shape index (κ2) is 11.4. The van der Waals surface area contributed by atoms with Gasteiger partial charge in [0.15, 0.2) is 0 Å². The number of unbranched alkanes of at least 4 members (excludes halogenated alkanes) is 1. The molecule has 0 atom stereocenters. The van der Waals surface area contributed by atoms with E-state index in [-0.39, 0.29) is 18.4 Å². The van der Waals surface area contributed by atoms with Crippen LogP contribution < -0.4 is 0 Å². The lowest BCUT2D eigenvalue weighted by atomic mass is 10.2. The summed E-state index contributed by atoms with van der Waals surface area (Å²) in [4.78, 5) is 29.8. The molecule has 0 radical (unpaired) electrons. The van der Waals surface area contributed by atoms with Crippen molar-refractivity contribution >= 4 is 17.9 Å². The minimum Gasteiger partial charge on any atom is -0.481 e. The van der Waals surface area contributed by atoms with Crippen molar-refractivity contribution in [2.75, 3.05) is 0 Å². The highest BCUT2D eigenvalue weighted by Gasteiger charge is 1.99. The first-order valence-corrected chi connectivity index (χ1v) is 5.30. The number of allylic oxidation sites excluding steroid dienone is 1. The van der Waals surface area contributed by atoms with Crippen LogP contribution in [0.25, 0.3) is 0 Å². The van der Waals surface area contributed by atoms with Gasteiger partial charge in [0.25, 0.3) is 0 Å². The molecule has 0 saturated heterocycles. The highest BCUT2D eigenvalue weighted by molar-refractivity contribution is 5.89. The van der Waals surface area contributed by atoms with Crippen LogP contribution in [0.5, 0.6) is 0 Å². The second-order valence-corrected chi connectivity index (χ2v) is 3.25. The number of rotatable bonds is 7. The van der Waals surface area contributed by atoms with Crippen molar-refractivity contribution in [3.8, 4) is 0 Å². The maximum Gasteiger partial charge on any atom is 0.335 e.